The summed E-state index contributed by atoms with van der Waals surface area (Å²) >= 11 is 0. The van der Waals surface area contributed by atoms with Gasteiger partial charge in [0, 0.05) is 11.9 Å². The Balaban J connectivity index is 0.000000531. The van der Waals surface area contributed by atoms with Crippen molar-refractivity contribution in [3.8, 4) is 0 Å². The molecule has 0 aromatic carbocycles. The molecule has 1 aromatic rings. The normalized spacial score (nSPS) is 13.5. The van der Waals surface area contributed by atoms with Crippen LogP contribution in [0.4, 0.5) is 0 Å². The second-order valence-corrected chi connectivity index (χ2v) is 4.28. The van der Waals surface area contributed by atoms with Crippen LogP contribution in [-0.4, -0.2) is 4.98 Å². The summed E-state index contributed by atoms with van der Waals surface area (Å²) in [5, 5.41) is 0. The fourth-order valence-electron chi connectivity index (χ4n) is 2.32. The first-order chi connectivity index (χ1) is 7.20. The highest BCUT2D eigenvalue weighted by molar-refractivity contribution is 5.39. The molecule has 84 valence electrons. The standard InChI is InChI=1S/C12H17N.C2H6/c1-8(2)12-9(3)11-6-4-5-10(11)7-13-12;1-2/h7-8H,4-6H2,1-3H3;1-2H3. The van der Waals surface area contributed by atoms with Crippen LogP contribution in [0.15, 0.2) is 6.20 Å². The van der Waals surface area contributed by atoms with Gasteiger partial charge in [0.25, 0.3) is 0 Å². The highest BCUT2D eigenvalue weighted by Crippen LogP contribution is 2.28. The summed E-state index contributed by atoms with van der Waals surface area (Å²) in [7, 11) is 0. The smallest absolute Gasteiger partial charge is 0.0461 e. The van der Waals surface area contributed by atoms with Gasteiger partial charge in [0.1, 0.15) is 0 Å². The fraction of sp³-hybridized carbons (Fsp3) is 0.643. The summed E-state index contributed by atoms with van der Waals surface area (Å²) in [6, 6.07) is 0. The van der Waals surface area contributed by atoms with Crippen molar-refractivity contribution in [1.29, 1.82) is 0 Å². The first-order valence-electron chi connectivity index (χ1n) is 6.17. The Hall–Kier alpha value is -0.850. The van der Waals surface area contributed by atoms with E-state index in [1.807, 2.05) is 13.8 Å². The number of hydrogen-bond donors (Lipinski definition) is 0. The maximum absolute atomic E-state index is 4.55. The Kier molecular flexibility index (Phi) is 4.31. The number of fused-ring (bicyclic) bond motifs is 1. The van der Waals surface area contributed by atoms with E-state index >= 15 is 0 Å². The van der Waals surface area contributed by atoms with Gasteiger partial charge < -0.3 is 0 Å². The van der Waals surface area contributed by atoms with Gasteiger partial charge in [0.05, 0.1) is 0 Å². The molecule has 0 bridgehead atoms. The monoisotopic (exact) mass is 205 g/mol. The summed E-state index contributed by atoms with van der Waals surface area (Å²) in [6.45, 7) is 10.7. The van der Waals surface area contributed by atoms with Crippen molar-refractivity contribution in [2.24, 2.45) is 0 Å². The van der Waals surface area contributed by atoms with Crippen LogP contribution in [-0.2, 0) is 12.8 Å². The SMILES string of the molecule is CC.Cc1c(C(C)C)ncc2c1CCC2. The minimum Gasteiger partial charge on any atom is -0.260 e. The molecule has 0 N–H and O–H groups in total. The molecule has 2 rings (SSSR count). The second kappa shape index (κ2) is 5.29. The van der Waals surface area contributed by atoms with Crippen LogP contribution >= 0.6 is 0 Å². The van der Waals surface area contributed by atoms with Gasteiger partial charge in [0.15, 0.2) is 0 Å². The molecular weight excluding hydrogens is 182 g/mol. The van der Waals surface area contributed by atoms with Crippen molar-refractivity contribution in [1.82, 2.24) is 4.98 Å². The predicted molar refractivity (Wildman–Crippen MR) is 66.4 cm³/mol. The average Bonchev–Trinajstić information content (AvgIpc) is 2.69. The fourth-order valence-corrected chi connectivity index (χ4v) is 2.32. The molecule has 0 fully saturated rings. The van der Waals surface area contributed by atoms with E-state index in [9.17, 15) is 0 Å². The molecule has 1 heteroatoms. The minimum atomic E-state index is 0.561. The van der Waals surface area contributed by atoms with E-state index in [2.05, 4.69) is 32.0 Å². The predicted octanol–water partition coefficient (Wildman–Crippen LogP) is 4.03. The molecule has 0 amide bonds. The zero-order chi connectivity index (χ0) is 11.4. The van der Waals surface area contributed by atoms with Crippen molar-refractivity contribution in [2.45, 2.75) is 59.8 Å². The van der Waals surface area contributed by atoms with Gasteiger partial charge in [-0.2, -0.15) is 0 Å². The van der Waals surface area contributed by atoms with E-state index in [0.29, 0.717) is 5.92 Å². The minimum absolute atomic E-state index is 0.561. The first-order valence-corrected chi connectivity index (χ1v) is 6.17. The molecule has 1 aliphatic carbocycles. The maximum Gasteiger partial charge on any atom is 0.0461 e. The molecule has 1 heterocycles. The highest BCUT2D eigenvalue weighted by atomic mass is 14.7. The first kappa shape index (κ1) is 12.2. The topological polar surface area (TPSA) is 12.9 Å². The van der Waals surface area contributed by atoms with E-state index in [1.54, 1.807) is 5.56 Å². The average molecular weight is 205 g/mol. The molecule has 0 atom stereocenters. The summed E-state index contributed by atoms with van der Waals surface area (Å²) in [5.41, 5.74) is 5.81. The van der Waals surface area contributed by atoms with Gasteiger partial charge in [-0.15, -0.1) is 0 Å². The van der Waals surface area contributed by atoms with Gasteiger partial charge in [-0.3, -0.25) is 4.98 Å². The number of pyridine rings is 1. The summed E-state index contributed by atoms with van der Waals surface area (Å²) < 4.78 is 0. The van der Waals surface area contributed by atoms with Crippen LogP contribution in [0, 0.1) is 6.92 Å². The van der Waals surface area contributed by atoms with Gasteiger partial charge in [-0.25, -0.2) is 0 Å². The number of aromatic nitrogens is 1. The lowest BCUT2D eigenvalue weighted by Crippen LogP contribution is -2.00. The molecule has 0 spiro atoms. The van der Waals surface area contributed by atoms with Gasteiger partial charge in [0.2, 0.25) is 0 Å². The van der Waals surface area contributed by atoms with E-state index < -0.39 is 0 Å². The Labute approximate surface area is 93.9 Å². The largest absolute Gasteiger partial charge is 0.260 e. The van der Waals surface area contributed by atoms with Crippen LogP contribution in [0.2, 0.25) is 0 Å². The van der Waals surface area contributed by atoms with Crippen molar-refractivity contribution < 1.29 is 0 Å². The van der Waals surface area contributed by atoms with Gasteiger partial charge in [-0.05, 0) is 48.8 Å². The molecular formula is C14H23N. The molecule has 1 aliphatic rings. The van der Waals surface area contributed by atoms with Gasteiger partial charge >= 0.3 is 0 Å². The lowest BCUT2D eigenvalue weighted by atomic mass is 9.98. The Morgan fingerprint density at radius 1 is 1.20 bits per heavy atom. The molecule has 0 saturated heterocycles. The molecule has 0 aliphatic heterocycles. The van der Waals surface area contributed by atoms with E-state index in [-0.39, 0.29) is 0 Å². The summed E-state index contributed by atoms with van der Waals surface area (Å²) in [4.78, 5) is 4.55. The third-order valence-corrected chi connectivity index (χ3v) is 3.00. The molecule has 0 unspecified atom stereocenters. The molecule has 1 nitrogen and oxygen atoms in total. The van der Waals surface area contributed by atoms with E-state index in [0.717, 1.165) is 0 Å². The van der Waals surface area contributed by atoms with Crippen molar-refractivity contribution >= 4 is 0 Å². The number of aryl methyl sites for hydroxylation is 1. The summed E-state index contributed by atoms with van der Waals surface area (Å²) in [5.74, 6) is 0.561. The van der Waals surface area contributed by atoms with Crippen LogP contribution in [0.1, 0.15) is 62.4 Å². The van der Waals surface area contributed by atoms with Crippen LogP contribution in [0.5, 0.6) is 0 Å². The third kappa shape index (κ3) is 2.39. The highest BCUT2D eigenvalue weighted by Gasteiger charge is 2.17. The molecule has 1 aromatic heterocycles. The number of rotatable bonds is 1. The lowest BCUT2D eigenvalue weighted by Gasteiger charge is -2.12. The molecule has 0 saturated carbocycles. The zero-order valence-corrected chi connectivity index (χ0v) is 10.7. The Morgan fingerprint density at radius 2 is 1.87 bits per heavy atom. The summed E-state index contributed by atoms with van der Waals surface area (Å²) in [6.07, 6.45) is 5.91. The zero-order valence-electron chi connectivity index (χ0n) is 10.7. The van der Waals surface area contributed by atoms with Crippen LogP contribution < -0.4 is 0 Å². The quantitative estimate of drug-likeness (QED) is 0.674. The van der Waals surface area contributed by atoms with Crippen LogP contribution in [0.25, 0.3) is 0 Å². The van der Waals surface area contributed by atoms with Crippen molar-refractivity contribution in [3.63, 3.8) is 0 Å². The Bertz CT molecular complexity index is 326. The lowest BCUT2D eigenvalue weighted by molar-refractivity contribution is 0.805. The van der Waals surface area contributed by atoms with Crippen molar-refractivity contribution in [2.75, 3.05) is 0 Å². The third-order valence-electron chi connectivity index (χ3n) is 3.00. The van der Waals surface area contributed by atoms with Crippen LogP contribution in [0.3, 0.4) is 0 Å². The van der Waals surface area contributed by atoms with E-state index in [1.165, 1.54) is 36.1 Å². The van der Waals surface area contributed by atoms with Crippen molar-refractivity contribution in [3.05, 3.63) is 28.6 Å². The van der Waals surface area contributed by atoms with Gasteiger partial charge in [-0.1, -0.05) is 27.7 Å². The number of hydrogen-bond acceptors (Lipinski definition) is 1. The maximum atomic E-state index is 4.55. The number of nitrogens with zero attached hydrogens (tertiary/aromatic N) is 1. The molecule has 0 radical (unpaired) electrons. The second-order valence-electron chi connectivity index (χ2n) is 4.28. The van der Waals surface area contributed by atoms with E-state index in [4.69, 9.17) is 0 Å². The molecule has 15 heavy (non-hydrogen) atoms. The Morgan fingerprint density at radius 3 is 2.47 bits per heavy atom.